The van der Waals surface area contributed by atoms with Crippen molar-refractivity contribution in [2.24, 2.45) is 0 Å². The molecule has 2 aliphatic rings. The number of rotatable bonds is 6. The van der Waals surface area contributed by atoms with Gasteiger partial charge in [0.15, 0.2) is 0 Å². The number of pyridine rings is 1. The third kappa shape index (κ3) is 5.35. The first-order valence-electron chi connectivity index (χ1n) is 12.5. The van der Waals surface area contributed by atoms with Crippen LogP contribution in [0.4, 0.5) is 5.82 Å². The Morgan fingerprint density at radius 2 is 1.84 bits per heavy atom. The molecule has 7 nitrogen and oxygen atoms in total. The second kappa shape index (κ2) is 10.8. The number of ether oxygens (including phenoxy) is 1. The number of hydrogen-bond acceptors (Lipinski definition) is 7. The number of morpholine rings is 1. The van der Waals surface area contributed by atoms with E-state index in [0.29, 0.717) is 45.9 Å². The van der Waals surface area contributed by atoms with Crippen molar-refractivity contribution in [3.8, 4) is 0 Å². The van der Waals surface area contributed by atoms with Crippen LogP contribution in [0.2, 0.25) is 0 Å². The molecule has 1 aromatic carbocycles. The van der Waals surface area contributed by atoms with Crippen molar-refractivity contribution >= 4 is 51.7 Å². The van der Waals surface area contributed by atoms with Crippen molar-refractivity contribution < 1.29 is 9.53 Å². The minimum Gasteiger partial charge on any atom is -0.372 e. The number of carbonyl (C=O) groups excluding carboxylic acids is 1. The molecule has 4 heterocycles. The van der Waals surface area contributed by atoms with Crippen molar-refractivity contribution in [3.63, 3.8) is 0 Å². The molecule has 2 aromatic heterocycles. The van der Waals surface area contributed by atoms with E-state index in [9.17, 15) is 9.59 Å². The summed E-state index contributed by atoms with van der Waals surface area (Å²) in [7, 11) is 0. The number of carbonyl (C=O) groups is 1. The summed E-state index contributed by atoms with van der Waals surface area (Å²) in [6.45, 7) is 7.73. The number of benzene rings is 1. The number of amides is 1. The van der Waals surface area contributed by atoms with E-state index in [-0.39, 0.29) is 23.7 Å². The zero-order valence-electron chi connectivity index (χ0n) is 21.2. The van der Waals surface area contributed by atoms with Crippen molar-refractivity contribution in [1.29, 1.82) is 0 Å². The average Bonchev–Trinajstić information content (AvgIpc) is 3.13. The van der Waals surface area contributed by atoms with Crippen LogP contribution in [-0.2, 0) is 16.0 Å². The van der Waals surface area contributed by atoms with Gasteiger partial charge in [-0.3, -0.25) is 18.9 Å². The number of thioether (sulfide) groups is 1. The lowest BCUT2D eigenvalue weighted by atomic mass is 10.1. The molecule has 2 saturated heterocycles. The lowest BCUT2D eigenvalue weighted by Crippen LogP contribution is -2.46. The van der Waals surface area contributed by atoms with Gasteiger partial charge in [-0.15, -0.1) is 0 Å². The highest BCUT2D eigenvalue weighted by molar-refractivity contribution is 8.26. The fourth-order valence-corrected chi connectivity index (χ4v) is 6.22. The third-order valence-corrected chi connectivity index (χ3v) is 8.00. The Balaban J connectivity index is 1.48. The molecule has 9 heteroatoms. The van der Waals surface area contributed by atoms with Gasteiger partial charge < -0.3 is 9.64 Å². The summed E-state index contributed by atoms with van der Waals surface area (Å²) in [6.07, 6.45) is 5.06. The second-order valence-electron chi connectivity index (χ2n) is 9.62. The Morgan fingerprint density at radius 1 is 1.11 bits per heavy atom. The molecular formula is C28H30N4O3S2. The van der Waals surface area contributed by atoms with Gasteiger partial charge in [-0.05, 0) is 56.9 Å². The van der Waals surface area contributed by atoms with Crippen molar-refractivity contribution in [3.05, 3.63) is 80.6 Å². The Hall–Kier alpha value is -3.01. The first kappa shape index (κ1) is 25.6. The highest BCUT2D eigenvalue weighted by Gasteiger charge is 2.33. The van der Waals surface area contributed by atoms with Crippen LogP contribution < -0.4 is 10.5 Å². The summed E-state index contributed by atoms with van der Waals surface area (Å²) in [5.41, 5.74) is 2.94. The van der Waals surface area contributed by atoms with Crippen LogP contribution >= 0.6 is 24.0 Å². The van der Waals surface area contributed by atoms with Gasteiger partial charge in [0.25, 0.3) is 11.5 Å². The van der Waals surface area contributed by atoms with E-state index >= 15 is 0 Å². The van der Waals surface area contributed by atoms with Crippen LogP contribution in [0.5, 0.6) is 0 Å². The van der Waals surface area contributed by atoms with Gasteiger partial charge in [-0.2, -0.15) is 0 Å². The fourth-order valence-electron chi connectivity index (χ4n) is 4.93. The number of fused-ring (bicyclic) bond motifs is 1. The molecule has 2 atom stereocenters. The molecule has 0 spiro atoms. The summed E-state index contributed by atoms with van der Waals surface area (Å²) in [5, 5.41) is 0. The van der Waals surface area contributed by atoms with Crippen LogP contribution in [0.3, 0.4) is 0 Å². The van der Waals surface area contributed by atoms with Gasteiger partial charge in [-0.25, -0.2) is 4.98 Å². The molecule has 37 heavy (non-hydrogen) atoms. The molecule has 3 aromatic rings. The standard InChI is InChI=1S/C28H30N4O3S2/c1-18-9-7-13-31-24(18)29-25(30-16-19(2)35-20(3)17-30)22(26(31)33)15-23-27(34)32(28(36)37-23)14-8-12-21-10-5-4-6-11-21/h4-7,9-11,13,15,19-20H,8,12,14,16-17H2,1-3H3/b23-15-/t19-,20+. The van der Waals surface area contributed by atoms with Crippen LogP contribution in [0.1, 0.15) is 37.0 Å². The summed E-state index contributed by atoms with van der Waals surface area (Å²) >= 11 is 6.80. The molecule has 0 bridgehead atoms. The van der Waals surface area contributed by atoms with Gasteiger partial charge in [-0.1, -0.05) is 60.4 Å². The first-order chi connectivity index (χ1) is 17.8. The Kier molecular flexibility index (Phi) is 7.46. The van der Waals surface area contributed by atoms with Crippen molar-refractivity contribution in [2.75, 3.05) is 24.5 Å². The summed E-state index contributed by atoms with van der Waals surface area (Å²) in [6, 6.07) is 14.0. The Bertz CT molecular complexity index is 1430. The van der Waals surface area contributed by atoms with Gasteiger partial charge in [0.05, 0.1) is 22.7 Å². The number of hydrogen-bond donors (Lipinski definition) is 0. The molecule has 0 saturated carbocycles. The molecule has 5 rings (SSSR count). The smallest absolute Gasteiger partial charge is 0.267 e. The maximum Gasteiger partial charge on any atom is 0.267 e. The van der Waals surface area contributed by atoms with Crippen LogP contribution in [-0.4, -0.2) is 56.4 Å². The van der Waals surface area contributed by atoms with E-state index in [2.05, 4.69) is 17.0 Å². The van der Waals surface area contributed by atoms with E-state index in [1.165, 1.54) is 17.3 Å². The minimum absolute atomic E-state index is 0.00320. The highest BCUT2D eigenvalue weighted by atomic mass is 32.2. The minimum atomic E-state index is -0.204. The lowest BCUT2D eigenvalue weighted by molar-refractivity contribution is -0.122. The number of thiocarbonyl (C=S) groups is 1. The molecule has 0 N–H and O–H groups in total. The van der Waals surface area contributed by atoms with Gasteiger partial charge in [0.1, 0.15) is 15.8 Å². The van der Waals surface area contributed by atoms with Crippen molar-refractivity contribution in [1.82, 2.24) is 14.3 Å². The molecule has 2 fully saturated rings. The van der Waals surface area contributed by atoms with Crippen LogP contribution in [0, 0.1) is 6.92 Å². The predicted molar refractivity (Wildman–Crippen MR) is 153 cm³/mol. The van der Waals surface area contributed by atoms with Crippen LogP contribution in [0.25, 0.3) is 11.7 Å². The van der Waals surface area contributed by atoms with Gasteiger partial charge in [0.2, 0.25) is 0 Å². The third-order valence-electron chi connectivity index (χ3n) is 6.62. The predicted octanol–water partition coefficient (Wildman–Crippen LogP) is 4.45. The first-order valence-corrected chi connectivity index (χ1v) is 13.8. The zero-order chi connectivity index (χ0) is 26.1. The van der Waals surface area contributed by atoms with Gasteiger partial charge >= 0.3 is 0 Å². The molecular weight excluding hydrogens is 504 g/mol. The number of aromatic nitrogens is 2. The highest BCUT2D eigenvalue weighted by Crippen LogP contribution is 2.34. The van der Waals surface area contributed by atoms with E-state index in [1.807, 2.05) is 51.1 Å². The monoisotopic (exact) mass is 534 g/mol. The van der Waals surface area contributed by atoms with E-state index in [4.69, 9.17) is 21.9 Å². The molecule has 192 valence electrons. The second-order valence-corrected chi connectivity index (χ2v) is 11.3. The number of nitrogens with zero attached hydrogens (tertiary/aromatic N) is 4. The Morgan fingerprint density at radius 3 is 2.57 bits per heavy atom. The SMILES string of the molecule is Cc1cccn2c(=O)c(/C=C3\SC(=S)N(CCCc4ccccc4)C3=O)c(N3C[C@@H](C)O[C@@H](C)C3)nc12. The van der Waals surface area contributed by atoms with E-state index < -0.39 is 0 Å². The van der Waals surface area contributed by atoms with Gasteiger partial charge in [0, 0.05) is 25.8 Å². The number of anilines is 1. The summed E-state index contributed by atoms with van der Waals surface area (Å²) in [4.78, 5) is 36.2. The maximum atomic E-state index is 13.7. The Labute approximate surface area is 226 Å². The normalized spacial score (nSPS) is 21.4. The van der Waals surface area contributed by atoms with Crippen molar-refractivity contribution in [2.45, 2.75) is 45.8 Å². The average molecular weight is 535 g/mol. The maximum absolute atomic E-state index is 13.7. The van der Waals surface area contributed by atoms with E-state index in [1.54, 1.807) is 21.6 Å². The lowest BCUT2D eigenvalue weighted by Gasteiger charge is -2.36. The van der Waals surface area contributed by atoms with E-state index in [0.717, 1.165) is 18.4 Å². The molecule has 0 aliphatic carbocycles. The fraction of sp³-hybridized carbons (Fsp3) is 0.357. The quantitative estimate of drug-likeness (QED) is 0.342. The number of aryl methyl sites for hydroxylation is 2. The summed E-state index contributed by atoms with van der Waals surface area (Å²) < 4.78 is 7.99. The molecule has 0 unspecified atom stereocenters. The van der Waals surface area contributed by atoms with Crippen LogP contribution in [0.15, 0.2) is 58.4 Å². The topological polar surface area (TPSA) is 67.2 Å². The molecule has 1 amide bonds. The molecule has 2 aliphatic heterocycles. The largest absolute Gasteiger partial charge is 0.372 e. The zero-order valence-corrected chi connectivity index (χ0v) is 22.8. The summed E-state index contributed by atoms with van der Waals surface area (Å²) in [5.74, 6) is 0.419. The molecule has 0 radical (unpaired) electrons.